The minimum atomic E-state index is -0.00931. The third-order valence-corrected chi connectivity index (χ3v) is 2.74. The Bertz CT molecular complexity index is 581. The maximum absolute atomic E-state index is 12.0. The van der Waals surface area contributed by atoms with Crippen molar-refractivity contribution in [2.75, 3.05) is 0 Å². The molecular formula is C18H18O2. The van der Waals surface area contributed by atoms with Crippen LogP contribution in [0.15, 0.2) is 60.7 Å². The molecule has 2 aromatic carbocycles. The standard InChI is InChI=1S/C18H18O2/c1-14(2)20-17-11-9-16(10-12-17)18(19)13-8-15-6-4-3-5-7-15/h3-14H,1-2H3/b13-8+. The molecule has 2 nitrogen and oxygen atoms in total. The van der Waals surface area contributed by atoms with Gasteiger partial charge in [0.2, 0.25) is 0 Å². The molecule has 0 fully saturated rings. The molecule has 20 heavy (non-hydrogen) atoms. The summed E-state index contributed by atoms with van der Waals surface area (Å²) in [5, 5.41) is 0. The van der Waals surface area contributed by atoms with Crippen LogP contribution in [-0.2, 0) is 0 Å². The molecule has 0 bridgehead atoms. The van der Waals surface area contributed by atoms with E-state index in [1.807, 2.05) is 62.4 Å². The van der Waals surface area contributed by atoms with Crippen LogP contribution < -0.4 is 4.74 Å². The number of ketones is 1. The molecule has 0 aliphatic rings. The van der Waals surface area contributed by atoms with Gasteiger partial charge in [0, 0.05) is 5.56 Å². The van der Waals surface area contributed by atoms with Crippen LogP contribution in [-0.4, -0.2) is 11.9 Å². The Kier molecular flexibility index (Phi) is 4.72. The Hall–Kier alpha value is -2.35. The second-order valence-corrected chi connectivity index (χ2v) is 4.80. The number of benzene rings is 2. The van der Waals surface area contributed by atoms with Gasteiger partial charge in [-0.15, -0.1) is 0 Å². The van der Waals surface area contributed by atoms with Crippen molar-refractivity contribution in [3.8, 4) is 5.75 Å². The van der Waals surface area contributed by atoms with E-state index in [0.29, 0.717) is 5.56 Å². The van der Waals surface area contributed by atoms with Crippen LogP contribution in [0.5, 0.6) is 5.75 Å². The predicted molar refractivity (Wildman–Crippen MR) is 82.0 cm³/mol. The number of carbonyl (C=O) groups excluding carboxylic acids is 1. The fourth-order valence-electron chi connectivity index (χ4n) is 1.80. The zero-order valence-corrected chi connectivity index (χ0v) is 11.7. The van der Waals surface area contributed by atoms with Crippen LogP contribution in [0.4, 0.5) is 0 Å². The third kappa shape index (κ3) is 4.09. The number of carbonyl (C=O) groups is 1. The lowest BCUT2D eigenvalue weighted by Crippen LogP contribution is -2.05. The number of rotatable bonds is 5. The average molecular weight is 266 g/mol. The van der Waals surface area contributed by atoms with E-state index in [0.717, 1.165) is 11.3 Å². The lowest BCUT2D eigenvalue weighted by molar-refractivity contribution is 0.104. The highest BCUT2D eigenvalue weighted by atomic mass is 16.5. The number of hydrogen-bond acceptors (Lipinski definition) is 2. The van der Waals surface area contributed by atoms with Crippen molar-refractivity contribution in [3.05, 3.63) is 71.8 Å². The van der Waals surface area contributed by atoms with Crippen LogP contribution in [0.3, 0.4) is 0 Å². The largest absolute Gasteiger partial charge is 0.491 e. The topological polar surface area (TPSA) is 26.3 Å². The molecule has 0 unspecified atom stereocenters. The molecule has 0 aromatic heterocycles. The smallest absolute Gasteiger partial charge is 0.185 e. The van der Waals surface area contributed by atoms with Gasteiger partial charge in [-0.1, -0.05) is 36.4 Å². The van der Waals surface area contributed by atoms with Crippen molar-refractivity contribution < 1.29 is 9.53 Å². The molecule has 0 aliphatic carbocycles. The van der Waals surface area contributed by atoms with Crippen molar-refractivity contribution in [1.29, 1.82) is 0 Å². The molecule has 0 aliphatic heterocycles. The molecular weight excluding hydrogens is 248 g/mol. The molecule has 0 atom stereocenters. The molecule has 0 radical (unpaired) electrons. The molecule has 0 heterocycles. The normalized spacial score (nSPS) is 10.9. The van der Waals surface area contributed by atoms with Crippen molar-refractivity contribution in [2.24, 2.45) is 0 Å². The highest BCUT2D eigenvalue weighted by molar-refractivity contribution is 6.06. The molecule has 0 saturated heterocycles. The summed E-state index contributed by atoms with van der Waals surface area (Å²) in [5.41, 5.74) is 1.67. The molecule has 102 valence electrons. The van der Waals surface area contributed by atoms with Crippen molar-refractivity contribution >= 4 is 11.9 Å². The molecule has 0 saturated carbocycles. The van der Waals surface area contributed by atoms with Gasteiger partial charge in [0.1, 0.15) is 5.75 Å². The summed E-state index contributed by atoms with van der Waals surface area (Å²) < 4.78 is 5.55. The van der Waals surface area contributed by atoms with Gasteiger partial charge in [0.25, 0.3) is 0 Å². The summed E-state index contributed by atoms with van der Waals surface area (Å²) in [6, 6.07) is 17.0. The van der Waals surface area contributed by atoms with Gasteiger partial charge in [-0.3, -0.25) is 4.79 Å². The van der Waals surface area contributed by atoms with Crippen LogP contribution in [0.25, 0.3) is 6.08 Å². The maximum Gasteiger partial charge on any atom is 0.185 e. The Morgan fingerprint density at radius 3 is 2.25 bits per heavy atom. The predicted octanol–water partition coefficient (Wildman–Crippen LogP) is 4.37. The first-order chi connectivity index (χ1) is 9.65. The minimum absolute atomic E-state index is 0.00931. The first-order valence-electron chi connectivity index (χ1n) is 6.69. The zero-order chi connectivity index (χ0) is 14.4. The number of ether oxygens (including phenoxy) is 1. The molecule has 2 rings (SSSR count). The van der Waals surface area contributed by atoms with Crippen LogP contribution >= 0.6 is 0 Å². The third-order valence-electron chi connectivity index (χ3n) is 2.74. The van der Waals surface area contributed by atoms with Gasteiger partial charge >= 0.3 is 0 Å². The van der Waals surface area contributed by atoms with Crippen molar-refractivity contribution in [1.82, 2.24) is 0 Å². The van der Waals surface area contributed by atoms with Crippen molar-refractivity contribution in [2.45, 2.75) is 20.0 Å². The number of allylic oxidation sites excluding steroid dienone is 1. The highest BCUT2D eigenvalue weighted by Crippen LogP contribution is 2.14. The Morgan fingerprint density at radius 2 is 1.65 bits per heavy atom. The summed E-state index contributed by atoms with van der Waals surface area (Å²) in [5.74, 6) is 0.772. The van der Waals surface area contributed by atoms with E-state index < -0.39 is 0 Å². The summed E-state index contributed by atoms with van der Waals surface area (Å²) in [6.07, 6.45) is 3.55. The fraction of sp³-hybridized carbons (Fsp3) is 0.167. The maximum atomic E-state index is 12.0. The highest BCUT2D eigenvalue weighted by Gasteiger charge is 2.03. The Morgan fingerprint density at radius 1 is 1.00 bits per heavy atom. The van der Waals surface area contributed by atoms with Crippen LogP contribution in [0.2, 0.25) is 0 Å². The number of hydrogen-bond donors (Lipinski definition) is 0. The van der Waals surface area contributed by atoms with Gasteiger partial charge in [-0.05, 0) is 49.8 Å². The molecule has 0 amide bonds. The van der Waals surface area contributed by atoms with Crippen LogP contribution in [0, 0.1) is 0 Å². The summed E-state index contributed by atoms with van der Waals surface area (Å²) >= 11 is 0. The molecule has 2 heteroatoms. The van der Waals surface area contributed by atoms with E-state index in [-0.39, 0.29) is 11.9 Å². The average Bonchev–Trinajstić information content (AvgIpc) is 2.46. The van der Waals surface area contributed by atoms with Gasteiger partial charge < -0.3 is 4.74 Å². The monoisotopic (exact) mass is 266 g/mol. The van der Waals surface area contributed by atoms with Gasteiger partial charge in [0.05, 0.1) is 6.10 Å². The first-order valence-corrected chi connectivity index (χ1v) is 6.69. The second kappa shape index (κ2) is 6.71. The second-order valence-electron chi connectivity index (χ2n) is 4.80. The van der Waals surface area contributed by atoms with Gasteiger partial charge in [0.15, 0.2) is 5.78 Å². The first kappa shape index (κ1) is 14.1. The SMILES string of the molecule is CC(C)Oc1ccc(C(=O)/C=C/c2ccccc2)cc1. The van der Waals surface area contributed by atoms with Gasteiger partial charge in [-0.25, -0.2) is 0 Å². The quantitative estimate of drug-likeness (QED) is 0.593. The summed E-state index contributed by atoms with van der Waals surface area (Å²) in [6.45, 7) is 3.95. The molecule has 2 aromatic rings. The Labute approximate surface area is 119 Å². The molecule has 0 N–H and O–H groups in total. The summed E-state index contributed by atoms with van der Waals surface area (Å²) in [7, 11) is 0. The van der Waals surface area contributed by atoms with E-state index in [2.05, 4.69) is 0 Å². The van der Waals surface area contributed by atoms with E-state index in [1.54, 1.807) is 18.2 Å². The van der Waals surface area contributed by atoms with E-state index in [9.17, 15) is 4.79 Å². The summed E-state index contributed by atoms with van der Waals surface area (Å²) in [4.78, 5) is 12.0. The van der Waals surface area contributed by atoms with E-state index in [1.165, 1.54) is 0 Å². The zero-order valence-electron chi connectivity index (χ0n) is 11.7. The minimum Gasteiger partial charge on any atom is -0.491 e. The lowest BCUT2D eigenvalue weighted by atomic mass is 10.1. The van der Waals surface area contributed by atoms with Gasteiger partial charge in [-0.2, -0.15) is 0 Å². The lowest BCUT2D eigenvalue weighted by Gasteiger charge is -2.09. The molecule has 0 spiro atoms. The fourth-order valence-corrected chi connectivity index (χ4v) is 1.80. The van der Waals surface area contributed by atoms with Crippen LogP contribution in [0.1, 0.15) is 29.8 Å². The van der Waals surface area contributed by atoms with E-state index in [4.69, 9.17) is 4.74 Å². The van der Waals surface area contributed by atoms with E-state index >= 15 is 0 Å². The Balaban J connectivity index is 2.04. The van der Waals surface area contributed by atoms with Crippen molar-refractivity contribution in [3.63, 3.8) is 0 Å².